The minimum atomic E-state index is -4.48. The van der Waals surface area contributed by atoms with E-state index in [1.165, 1.54) is 12.3 Å². The summed E-state index contributed by atoms with van der Waals surface area (Å²) in [6, 6.07) is 9.15. The van der Waals surface area contributed by atoms with Crippen LogP contribution in [0.3, 0.4) is 0 Å². The predicted molar refractivity (Wildman–Crippen MR) is 127 cm³/mol. The summed E-state index contributed by atoms with van der Waals surface area (Å²) in [5.74, 6) is 0.594. The molecule has 0 saturated carbocycles. The minimum absolute atomic E-state index is 0.422. The van der Waals surface area contributed by atoms with E-state index in [4.69, 9.17) is 0 Å². The van der Waals surface area contributed by atoms with Crippen LogP contribution in [0, 0.1) is 0 Å². The number of fused-ring (bicyclic) bond motifs is 1. The minimum Gasteiger partial charge on any atom is -0.382 e. The molecule has 178 valence electrons. The summed E-state index contributed by atoms with van der Waals surface area (Å²) in [6.07, 6.45) is 2.33. The molecular formula is C25H27F3N6. The van der Waals surface area contributed by atoms with Gasteiger partial charge in [0.2, 0.25) is 0 Å². The number of imidazole rings is 1. The Labute approximate surface area is 196 Å². The normalized spacial score (nSPS) is 18.5. The van der Waals surface area contributed by atoms with E-state index in [9.17, 15) is 13.2 Å². The van der Waals surface area contributed by atoms with Crippen molar-refractivity contribution in [3.8, 4) is 0 Å². The number of likely N-dealkylation sites (tertiary alicyclic amines) is 1. The lowest BCUT2D eigenvalue weighted by Gasteiger charge is -2.32. The second-order valence-corrected chi connectivity index (χ2v) is 8.69. The number of alkyl halides is 3. The molecule has 34 heavy (non-hydrogen) atoms. The standard InChI is InChI=1S/C25H27F3N6/c1-2-34-11-7-17(8-12-34)33-18-4-5-21-19(13-18)20(15-31-21)23(24-29-9-10-30-24)16-3-6-22(32-14-16)25(26,27)28/h3-6,9-10,13-14,17,31,33H,2,7-8,11-12,15H2,1H3,(H,29,30). The second kappa shape index (κ2) is 9.13. The lowest BCUT2D eigenvalue weighted by molar-refractivity contribution is -0.141. The molecular weight excluding hydrogens is 441 g/mol. The number of halogens is 3. The first-order chi connectivity index (χ1) is 16.4. The SMILES string of the molecule is CCN1CCC(Nc2ccc3c(c2)C(=C(c2ccc(C(F)(F)F)nc2)c2ncc[nH]2)CN3)CC1. The Morgan fingerprint density at radius 1 is 1.15 bits per heavy atom. The Morgan fingerprint density at radius 2 is 1.97 bits per heavy atom. The van der Waals surface area contributed by atoms with Crippen LogP contribution in [0.15, 0.2) is 48.9 Å². The van der Waals surface area contributed by atoms with Gasteiger partial charge in [0.15, 0.2) is 0 Å². The fraction of sp³-hybridized carbons (Fsp3) is 0.360. The molecule has 9 heteroatoms. The number of piperidine rings is 1. The summed E-state index contributed by atoms with van der Waals surface area (Å²) in [6.45, 7) is 6.01. The van der Waals surface area contributed by atoms with Crippen LogP contribution >= 0.6 is 0 Å². The summed E-state index contributed by atoms with van der Waals surface area (Å²) in [7, 11) is 0. The first kappa shape index (κ1) is 22.5. The molecule has 0 spiro atoms. The largest absolute Gasteiger partial charge is 0.433 e. The van der Waals surface area contributed by atoms with E-state index in [-0.39, 0.29) is 0 Å². The number of anilines is 2. The molecule has 0 bridgehead atoms. The van der Waals surface area contributed by atoms with Crippen LogP contribution in [0.25, 0.3) is 11.1 Å². The van der Waals surface area contributed by atoms with Crippen LogP contribution in [0.4, 0.5) is 24.5 Å². The van der Waals surface area contributed by atoms with Crippen LogP contribution in [0.2, 0.25) is 0 Å². The van der Waals surface area contributed by atoms with Gasteiger partial charge in [-0.15, -0.1) is 0 Å². The van der Waals surface area contributed by atoms with Crippen molar-refractivity contribution >= 4 is 22.5 Å². The van der Waals surface area contributed by atoms with Gasteiger partial charge in [-0.2, -0.15) is 13.2 Å². The molecule has 2 aliphatic rings. The Balaban J connectivity index is 1.49. The zero-order valence-electron chi connectivity index (χ0n) is 18.9. The van der Waals surface area contributed by atoms with E-state index in [1.807, 2.05) is 0 Å². The molecule has 1 saturated heterocycles. The molecule has 0 amide bonds. The van der Waals surface area contributed by atoms with Gasteiger partial charge in [0, 0.05) is 72.3 Å². The lowest BCUT2D eigenvalue weighted by Crippen LogP contribution is -2.38. The highest BCUT2D eigenvalue weighted by atomic mass is 19.4. The van der Waals surface area contributed by atoms with Crippen molar-refractivity contribution in [1.82, 2.24) is 19.9 Å². The van der Waals surface area contributed by atoms with Crippen molar-refractivity contribution in [2.24, 2.45) is 0 Å². The van der Waals surface area contributed by atoms with Gasteiger partial charge < -0.3 is 20.5 Å². The molecule has 3 N–H and O–H groups in total. The van der Waals surface area contributed by atoms with E-state index in [1.54, 1.807) is 12.4 Å². The van der Waals surface area contributed by atoms with Gasteiger partial charge in [-0.25, -0.2) is 4.98 Å². The zero-order chi connectivity index (χ0) is 23.7. The number of hydrogen-bond donors (Lipinski definition) is 3. The molecule has 5 rings (SSSR count). The number of hydrogen-bond acceptors (Lipinski definition) is 5. The van der Waals surface area contributed by atoms with E-state index >= 15 is 0 Å². The van der Waals surface area contributed by atoms with Gasteiger partial charge in [-0.3, -0.25) is 4.98 Å². The van der Waals surface area contributed by atoms with Crippen molar-refractivity contribution in [2.45, 2.75) is 32.0 Å². The van der Waals surface area contributed by atoms with E-state index in [0.29, 0.717) is 24.0 Å². The van der Waals surface area contributed by atoms with Crippen molar-refractivity contribution < 1.29 is 13.2 Å². The number of aromatic nitrogens is 3. The summed E-state index contributed by atoms with van der Waals surface area (Å²) < 4.78 is 39.2. The number of nitrogens with one attached hydrogen (secondary N) is 3. The first-order valence-electron chi connectivity index (χ1n) is 11.6. The quantitative estimate of drug-likeness (QED) is 0.486. The molecule has 4 heterocycles. The van der Waals surface area contributed by atoms with Crippen molar-refractivity contribution in [3.05, 3.63) is 71.6 Å². The molecule has 0 aliphatic carbocycles. The molecule has 0 unspecified atom stereocenters. The smallest absolute Gasteiger partial charge is 0.382 e. The third-order valence-electron chi connectivity index (χ3n) is 6.59. The monoisotopic (exact) mass is 468 g/mol. The van der Waals surface area contributed by atoms with Gasteiger partial charge in [0.1, 0.15) is 11.5 Å². The van der Waals surface area contributed by atoms with Crippen LogP contribution in [0.5, 0.6) is 0 Å². The van der Waals surface area contributed by atoms with E-state index in [0.717, 1.165) is 66.6 Å². The van der Waals surface area contributed by atoms with Gasteiger partial charge in [0.25, 0.3) is 0 Å². The molecule has 1 aromatic carbocycles. The van der Waals surface area contributed by atoms with Crippen LogP contribution < -0.4 is 10.6 Å². The number of benzene rings is 1. The Morgan fingerprint density at radius 3 is 2.62 bits per heavy atom. The molecule has 0 radical (unpaired) electrons. The number of nitrogens with zero attached hydrogens (tertiary/aromatic N) is 3. The third-order valence-corrected chi connectivity index (χ3v) is 6.59. The molecule has 2 aliphatic heterocycles. The molecule has 2 aromatic heterocycles. The highest BCUT2D eigenvalue weighted by Crippen LogP contribution is 2.40. The summed E-state index contributed by atoms with van der Waals surface area (Å²) in [5.41, 5.74) is 4.43. The number of pyridine rings is 1. The first-order valence-corrected chi connectivity index (χ1v) is 11.6. The summed E-state index contributed by atoms with van der Waals surface area (Å²) >= 11 is 0. The fourth-order valence-corrected chi connectivity index (χ4v) is 4.73. The topological polar surface area (TPSA) is 68.9 Å². The molecule has 3 aromatic rings. The molecule has 1 fully saturated rings. The third kappa shape index (κ3) is 4.52. The Kier molecular flexibility index (Phi) is 6.03. The van der Waals surface area contributed by atoms with Crippen molar-refractivity contribution in [3.63, 3.8) is 0 Å². The maximum atomic E-state index is 13.1. The van der Waals surface area contributed by atoms with E-state index < -0.39 is 11.9 Å². The summed E-state index contributed by atoms with van der Waals surface area (Å²) in [4.78, 5) is 13.6. The molecule has 6 nitrogen and oxygen atoms in total. The van der Waals surface area contributed by atoms with Crippen LogP contribution in [-0.4, -0.2) is 52.1 Å². The Bertz CT molecular complexity index is 1160. The second-order valence-electron chi connectivity index (χ2n) is 8.69. The maximum absolute atomic E-state index is 13.1. The summed E-state index contributed by atoms with van der Waals surface area (Å²) in [5, 5.41) is 7.08. The van der Waals surface area contributed by atoms with Crippen molar-refractivity contribution in [1.29, 1.82) is 0 Å². The lowest BCUT2D eigenvalue weighted by atomic mass is 9.95. The number of aromatic amines is 1. The zero-order valence-corrected chi connectivity index (χ0v) is 18.9. The van der Waals surface area contributed by atoms with Gasteiger partial charge in [0.05, 0.1) is 0 Å². The fourth-order valence-electron chi connectivity index (χ4n) is 4.73. The maximum Gasteiger partial charge on any atom is 0.433 e. The highest BCUT2D eigenvalue weighted by molar-refractivity contribution is 6.03. The predicted octanol–water partition coefficient (Wildman–Crippen LogP) is 5.10. The van der Waals surface area contributed by atoms with E-state index in [2.05, 4.69) is 55.6 Å². The van der Waals surface area contributed by atoms with Crippen LogP contribution in [0.1, 0.15) is 42.4 Å². The average molecular weight is 469 g/mol. The van der Waals surface area contributed by atoms with Gasteiger partial charge in [-0.1, -0.05) is 13.0 Å². The average Bonchev–Trinajstić information content (AvgIpc) is 3.51. The molecule has 0 atom stereocenters. The van der Waals surface area contributed by atoms with Crippen molar-refractivity contribution in [2.75, 3.05) is 36.8 Å². The number of rotatable bonds is 5. The number of H-pyrrole nitrogens is 1. The highest BCUT2D eigenvalue weighted by Gasteiger charge is 2.32. The Hall–Kier alpha value is -3.33. The van der Waals surface area contributed by atoms with Gasteiger partial charge >= 0.3 is 6.18 Å². The van der Waals surface area contributed by atoms with Gasteiger partial charge in [-0.05, 0) is 49.2 Å². The van der Waals surface area contributed by atoms with Crippen LogP contribution in [-0.2, 0) is 6.18 Å².